The lowest BCUT2D eigenvalue weighted by Crippen LogP contribution is -2.41. The third-order valence-corrected chi connectivity index (χ3v) is 6.05. The van der Waals surface area contributed by atoms with E-state index in [9.17, 15) is 0 Å². The molecule has 3 aliphatic rings. The first kappa shape index (κ1) is 11.0. The second-order valence-electron chi connectivity index (χ2n) is 6.94. The first-order valence-corrected chi connectivity index (χ1v) is 7.56. The molecule has 2 fully saturated rings. The topological polar surface area (TPSA) is 12.0 Å². The van der Waals surface area contributed by atoms with Crippen molar-refractivity contribution in [3.05, 3.63) is 35.4 Å². The van der Waals surface area contributed by atoms with Gasteiger partial charge in [-0.05, 0) is 66.5 Å². The second-order valence-corrected chi connectivity index (χ2v) is 6.94. The van der Waals surface area contributed by atoms with E-state index < -0.39 is 0 Å². The maximum absolute atomic E-state index is 3.66. The summed E-state index contributed by atoms with van der Waals surface area (Å²) in [5, 5.41) is 3.66. The van der Waals surface area contributed by atoms with E-state index in [1.54, 1.807) is 11.1 Å². The normalized spacial score (nSPS) is 41.9. The van der Waals surface area contributed by atoms with E-state index in [0.29, 0.717) is 5.41 Å². The first-order valence-electron chi connectivity index (χ1n) is 7.56. The van der Waals surface area contributed by atoms with Gasteiger partial charge in [-0.2, -0.15) is 0 Å². The Bertz CT molecular complexity index is 466. The van der Waals surface area contributed by atoms with Crippen LogP contribution in [-0.2, 0) is 6.42 Å². The summed E-state index contributed by atoms with van der Waals surface area (Å²) in [6, 6.07) is 9.20. The maximum Gasteiger partial charge on any atom is 0.000853 e. The minimum absolute atomic E-state index is 0.591. The largest absolute Gasteiger partial charge is 0.316 e. The van der Waals surface area contributed by atoms with Gasteiger partial charge in [0, 0.05) is 6.54 Å². The van der Waals surface area contributed by atoms with Crippen molar-refractivity contribution in [3.8, 4) is 0 Å². The smallest absolute Gasteiger partial charge is 0.000853 e. The summed E-state index contributed by atoms with van der Waals surface area (Å²) in [4.78, 5) is 0. The molecule has 18 heavy (non-hydrogen) atoms. The summed E-state index contributed by atoms with van der Waals surface area (Å²) in [5.41, 5.74) is 3.91. The van der Waals surface area contributed by atoms with E-state index in [2.05, 4.69) is 36.5 Å². The van der Waals surface area contributed by atoms with E-state index in [0.717, 1.165) is 17.8 Å². The summed E-state index contributed by atoms with van der Waals surface area (Å²) in [7, 11) is 0. The summed E-state index contributed by atoms with van der Waals surface area (Å²) in [6.07, 6.45) is 5.56. The molecule has 0 amide bonds. The van der Waals surface area contributed by atoms with Gasteiger partial charge in [0.1, 0.15) is 0 Å². The second kappa shape index (κ2) is 3.84. The molecule has 96 valence electrons. The number of nitrogens with one attached hydrogen (secondary N) is 1. The molecular weight excluding hydrogens is 218 g/mol. The molecule has 1 heteroatoms. The lowest BCUT2D eigenvalue weighted by molar-refractivity contribution is 0.0759. The van der Waals surface area contributed by atoms with Crippen LogP contribution in [0.4, 0.5) is 0 Å². The summed E-state index contributed by atoms with van der Waals surface area (Å²) >= 11 is 0. The van der Waals surface area contributed by atoms with E-state index in [1.165, 1.54) is 38.8 Å². The predicted octanol–water partition coefficient (Wildman–Crippen LogP) is 3.35. The molecular formula is C17H23N. The zero-order valence-corrected chi connectivity index (χ0v) is 11.3. The lowest BCUT2D eigenvalue weighted by Gasteiger charge is -2.48. The standard InChI is InChI=1S/C17H23N/c1-17-9-8-14-13-5-3-2-4-12(13)6-7-15(14)16(17)10-18-11-17/h2-5,14-16,18H,6-11H2,1H3/t14-,15-,16+,17-/m1/s1. The van der Waals surface area contributed by atoms with Crippen LogP contribution in [0.2, 0.25) is 0 Å². The zero-order valence-electron chi connectivity index (χ0n) is 11.3. The molecule has 1 aromatic rings. The van der Waals surface area contributed by atoms with Crippen LogP contribution >= 0.6 is 0 Å². The van der Waals surface area contributed by atoms with Crippen molar-refractivity contribution in [2.24, 2.45) is 17.3 Å². The molecule has 0 aromatic heterocycles. The summed E-state index contributed by atoms with van der Waals surface area (Å²) < 4.78 is 0. The SMILES string of the molecule is C[C@]12CC[C@@H]3c4ccccc4CC[C@H]3[C@@H]1CNC2. The van der Waals surface area contributed by atoms with Crippen LogP contribution in [-0.4, -0.2) is 13.1 Å². The first-order chi connectivity index (χ1) is 8.78. The molecule has 4 atom stereocenters. The van der Waals surface area contributed by atoms with Crippen molar-refractivity contribution in [2.75, 3.05) is 13.1 Å². The lowest BCUT2D eigenvalue weighted by atomic mass is 9.56. The van der Waals surface area contributed by atoms with E-state index in [4.69, 9.17) is 0 Å². The Morgan fingerprint density at radius 1 is 1.22 bits per heavy atom. The molecule has 0 bridgehead atoms. The third kappa shape index (κ3) is 1.43. The molecule has 1 nitrogen and oxygen atoms in total. The number of benzene rings is 1. The van der Waals surface area contributed by atoms with Gasteiger partial charge in [0.15, 0.2) is 0 Å². The maximum atomic E-state index is 3.66. The number of hydrogen-bond acceptors (Lipinski definition) is 1. The molecule has 0 radical (unpaired) electrons. The van der Waals surface area contributed by atoms with Gasteiger partial charge in [0.2, 0.25) is 0 Å². The van der Waals surface area contributed by atoms with Gasteiger partial charge in [-0.3, -0.25) is 0 Å². The van der Waals surface area contributed by atoms with Crippen molar-refractivity contribution < 1.29 is 0 Å². The highest BCUT2D eigenvalue weighted by molar-refractivity contribution is 5.34. The number of aryl methyl sites for hydroxylation is 1. The molecule has 1 N–H and O–H groups in total. The quantitative estimate of drug-likeness (QED) is 0.734. The molecule has 0 spiro atoms. The minimum atomic E-state index is 0.591. The Hall–Kier alpha value is -0.820. The van der Waals surface area contributed by atoms with E-state index >= 15 is 0 Å². The van der Waals surface area contributed by atoms with Crippen LogP contribution in [0.15, 0.2) is 24.3 Å². The average molecular weight is 241 g/mol. The van der Waals surface area contributed by atoms with Crippen LogP contribution in [0.1, 0.15) is 43.2 Å². The van der Waals surface area contributed by atoms with Crippen LogP contribution < -0.4 is 5.32 Å². The average Bonchev–Trinajstić information content (AvgIpc) is 2.80. The van der Waals surface area contributed by atoms with E-state index in [1.807, 2.05) is 0 Å². The molecule has 1 heterocycles. The highest BCUT2D eigenvalue weighted by atomic mass is 14.9. The fourth-order valence-electron chi connectivity index (χ4n) is 5.05. The fourth-order valence-corrected chi connectivity index (χ4v) is 5.05. The monoisotopic (exact) mass is 241 g/mol. The minimum Gasteiger partial charge on any atom is -0.316 e. The van der Waals surface area contributed by atoms with Gasteiger partial charge in [0.05, 0.1) is 0 Å². The zero-order chi connectivity index (χ0) is 12.2. The number of fused-ring (bicyclic) bond motifs is 5. The molecule has 1 aromatic carbocycles. The molecule has 0 unspecified atom stereocenters. The predicted molar refractivity (Wildman–Crippen MR) is 74.7 cm³/mol. The van der Waals surface area contributed by atoms with Crippen molar-refractivity contribution in [1.29, 1.82) is 0 Å². The van der Waals surface area contributed by atoms with E-state index in [-0.39, 0.29) is 0 Å². The fraction of sp³-hybridized carbons (Fsp3) is 0.647. The third-order valence-electron chi connectivity index (χ3n) is 6.05. The number of hydrogen-bond donors (Lipinski definition) is 1. The molecule has 4 rings (SSSR count). The summed E-state index contributed by atoms with van der Waals surface area (Å²) in [6.45, 7) is 5.04. The van der Waals surface area contributed by atoms with Crippen molar-refractivity contribution in [2.45, 2.75) is 38.5 Å². The molecule has 2 aliphatic carbocycles. The van der Waals surface area contributed by atoms with Gasteiger partial charge < -0.3 is 5.32 Å². The highest BCUT2D eigenvalue weighted by Gasteiger charge is 2.50. The van der Waals surface area contributed by atoms with Crippen LogP contribution in [0.25, 0.3) is 0 Å². The van der Waals surface area contributed by atoms with Gasteiger partial charge in [-0.25, -0.2) is 0 Å². The Labute approximate surface area is 110 Å². The molecule has 1 aliphatic heterocycles. The highest BCUT2D eigenvalue weighted by Crippen LogP contribution is 2.55. The molecule has 1 saturated carbocycles. The van der Waals surface area contributed by atoms with Gasteiger partial charge in [-0.1, -0.05) is 31.2 Å². The Morgan fingerprint density at radius 3 is 3.06 bits per heavy atom. The van der Waals surface area contributed by atoms with Crippen molar-refractivity contribution in [3.63, 3.8) is 0 Å². The van der Waals surface area contributed by atoms with Crippen LogP contribution in [0.5, 0.6) is 0 Å². The number of rotatable bonds is 0. The van der Waals surface area contributed by atoms with Gasteiger partial charge in [-0.15, -0.1) is 0 Å². The molecule has 1 saturated heterocycles. The van der Waals surface area contributed by atoms with Crippen LogP contribution in [0.3, 0.4) is 0 Å². The van der Waals surface area contributed by atoms with Gasteiger partial charge in [0.25, 0.3) is 0 Å². The van der Waals surface area contributed by atoms with Crippen molar-refractivity contribution >= 4 is 0 Å². The van der Waals surface area contributed by atoms with Crippen LogP contribution in [0, 0.1) is 17.3 Å². The Kier molecular flexibility index (Phi) is 2.35. The van der Waals surface area contributed by atoms with Crippen molar-refractivity contribution in [1.82, 2.24) is 5.32 Å². The Morgan fingerprint density at radius 2 is 2.11 bits per heavy atom. The summed E-state index contributed by atoms with van der Waals surface area (Å²) in [5.74, 6) is 2.71. The van der Waals surface area contributed by atoms with Gasteiger partial charge >= 0.3 is 0 Å². The Balaban J connectivity index is 1.73.